The second-order valence-electron chi connectivity index (χ2n) is 6.20. The summed E-state index contributed by atoms with van der Waals surface area (Å²) in [5.41, 5.74) is 0.560. The molecule has 1 N–H and O–H groups in total. The van der Waals surface area contributed by atoms with Crippen LogP contribution in [0.25, 0.3) is 5.88 Å². The first-order valence-electron chi connectivity index (χ1n) is 8.38. The minimum Gasteiger partial charge on any atom is -0.443 e. The first-order valence-corrected chi connectivity index (χ1v) is 8.38. The summed E-state index contributed by atoms with van der Waals surface area (Å²) in [5, 5.41) is 12.5. The van der Waals surface area contributed by atoms with E-state index in [1.54, 1.807) is 23.9 Å². The van der Waals surface area contributed by atoms with E-state index in [-0.39, 0.29) is 17.5 Å². The molecule has 1 aliphatic heterocycles. The predicted molar refractivity (Wildman–Crippen MR) is 91.7 cm³/mol. The average molecular weight is 342 g/mol. The smallest absolute Gasteiger partial charge is 0.256 e. The summed E-state index contributed by atoms with van der Waals surface area (Å²) >= 11 is 0. The third-order valence-electron chi connectivity index (χ3n) is 4.26. The molecular formula is C18H22N4O3. The number of aromatic nitrogens is 1. The highest BCUT2D eigenvalue weighted by Gasteiger charge is 2.25. The molecular weight excluding hydrogens is 320 g/mol. The number of ether oxygens (including phenoxy) is 1. The van der Waals surface area contributed by atoms with Crippen molar-refractivity contribution in [3.63, 3.8) is 0 Å². The van der Waals surface area contributed by atoms with Gasteiger partial charge in [0.15, 0.2) is 0 Å². The highest BCUT2D eigenvalue weighted by atomic mass is 16.5. The molecule has 7 heteroatoms. The van der Waals surface area contributed by atoms with E-state index in [2.05, 4.69) is 16.3 Å². The molecule has 0 bridgehead atoms. The van der Waals surface area contributed by atoms with Crippen molar-refractivity contribution in [3.8, 4) is 12.0 Å². The number of furan rings is 1. The minimum atomic E-state index is -0.281. The summed E-state index contributed by atoms with van der Waals surface area (Å²) in [5.74, 6) is 0.532. The topological polar surface area (TPSA) is 83.4 Å². The molecule has 3 heterocycles. The van der Waals surface area contributed by atoms with E-state index in [1.807, 2.05) is 19.1 Å². The van der Waals surface area contributed by atoms with Crippen LogP contribution in [0.3, 0.4) is 0 Å². The van der Waals surface area contributed by atoms with Crippen LogP contribution in [0, 0.1) is 18.3 Å². The van der Waals surface area contributed by atoms with Crippen molar-refractivity contribution in [2.24, 2.45) is 0 Å². The molecule has 0 spiro atoms. The first-order chi connectivity index (χ1) is 12.1. The Morgan fingerprint density at radius 1 is 1.36 bits per heavy atom. The zero-order chi connectivity index (χ0) is 17.8. The van der Waals surface area contributed by atoms with Crippen molar-refractivity contribution < 1.29 is 13.9 Å². The Hall–Kier alpha value is -2.56. The van der Waals surface area contributed by atoms with Crippen LogP contribution in [0.1, 0.15) is 28.6 Å². The molecule has 25 heavy (non-hydrogen) atoms. The van der Waals surface area contributed by atoms with Crippen LogP contribution in [-0.4, -0.2) is 54.3 Å². The lowest BCUT2D eigenvalue weighted by Gasteiger charge is -2.29. The highest BCUT2D eigenvalue weighted by Crippen LogP contribution is 2.25. The molecule has 132 valence electrons. The number of carbonyl (C=O) groups is 1. The number of aryl methyl sites for hydroxylation is 1. The number of morpholine rings is 1. The van der Waals surface area contributed by atoms with Crippen molar-refractivity contribution in [1.29, 1.82) is 5.26 Å². The van der Waals surface area contributed by atoms with Crippen molar-refractivity contribution in [3.05, 3.63) is 41.4 Å². The van der Waals surface area contributed by atoms with E-state index in [0.29, 0.717) is 17.2 Å². The zero-order valence-electron chi connectivity index (χ0n) is 14.5. The van der Waals surface area contributed by atoms with E-state index >= 15 is 0 Å². The maximum atomic E-state index is 12.7. The van der Waals surface area contributed by atoms with Gasteiger partial charge in [-0.05, 0) is 26.0 Å². The fourth-order valence-electron chi connectivity index (χ4n) is 3.07. The largest absolute Gasteiger partial charge is 0.443 e. The molecule has 7 nitrogen and oxygen atoms in total. The molecule has 1 atom stereocenters. The second-order valence-corrected chi connectivity index (χ2v) is 6.20. The Balaban J connectivity index is 1.74. The number of nitrogens with zero attached hydrogens (tertiary/aromatic N) is 3. The van der Waals surface area contributed by atoms with Gasteiger partial charge < -0.3 is 14.5 Å². The Bertz CT molecular complexity index is 767. The summed E-state index contributed by atoms with van der Waals surface area (Å²) in [6.45, 7) is 7.59. The molecule has 2 aromatic rings. The van der Waals surface area contributed by atoms with Gasteiger partial charge in [0.25, 0.3) is 5.91 Å². The standard InChI is InChI=1S/C18H22N4O3/c1-13(12-21-7-9-24-10-8-21)20-17(23)16-14(2)25-18(15(16)11-19)22-5-3-4-6-22/h3-6,13H,7-10,12H2,1-2H3,(H,20,23)/t13-/m0/s1. The van der Waals surface area contributed by atoms with Gasteiger partial charge >= 0.3 is 0 Å². The Kier molecular flexibility index (Phi) is 5.22. The number of hydrogen-bond donors (Lipinski definition) is 1. The SMILES string of the molecule is Cc1oc(-n2cccc2)c(C#N)c1C(=O)N[C@@H](C)CN1CCOCC1. The van der Waals surface area contributed by atoms with Gasteiger partial charge in [-0.15, -0.1) is 0 Å². The lowest BCUT2D eigenvalue weighted by atomic mass is 10.1. The number of nitrogens with one attached hydrogen (secondary N) is 1. The zero-order valence-corrected chi connectivity index (χ0v) is 14.5. The molecule has 0 saturated carbocycles. The molecule has 2 aromatic heterocycles. The monoisotopic (exact) mass is 342 g/mol. The summed E-state index contributed by atoms with van der Waals surface area (Å²) in [6.07, 6.45) is 3.56. The van der Waals surface area contributed by atoms with Gasteiger partial charge in [0.1, 0.15) is 23.0 Å². The van der Waals surface area contributed by atoms with Gasteiger partial charge in [0.2, 0.25) is 5.88 Å². The van der Waals surface area contributed by atoms with E-state index in [4.69, 9.17) is 9.15 Å². The average Bonchev–Trinajstić information content (AvgIpc) is 3.22. The van der Waals surface area contributed by atoms with Crippen LogP contribution in [0.4, 0.5) is 0 Å². The Labute approximate surface area is 146 Å². The van der Waals surface area contributed by atoms with Gasteiger partial charge in [-0.2, -0.15) is 5.26 Å². The van der Waals surface area contributed by atoms with Crippen molar-refractivity contribution in [1.82, 2.24) is 14.8 Å². The normalized spacial score (nSPS) is 16.4. The fraction of sp³-hybridized carbons (Fsp3) is 0.444. The van der Waals surface area contributed by atoms with Gasteiger partial charge in [-0.1, -0.05) is 0 Å². The van der Waals surface area contributed by atoms with Gasteiger partial charge in [-0.25, -0.2) is 0 Å². The number of carbonyl (C=O) groups excluding carboxylic acids is 1. The molecule has 1 amide bonds. The number of nitriles is 1. The second kappa shape index (κ2) is 7.55. The number of hydrogen-bond acceptors (Lipinski definition) is 5. The van der Waals surface area contributed by atoms with Crippen LogP contribution in [-0.2, 0) is 4.74 Å². The van der Waals surface area contributed by atoms with Crippen LogP contribution >= 0.6 is 0 Å². The van der Waals surface area contributed by atoms with Crippen LogP contribution in [0.2, 0.25) is 0 Å². The summed E-state index contributed by atoms with van der Waals surface area (Å²) in [4.78, 5) is 15.0. The van der Waals surface area contributed by atoms with Gasteiger partial charge in [-0.3, -0.25) is 14.3 Å². The molecule has 1 aliphatic rings. The Morgan fingerprint density at radius 3 is 2.68 bits per heavy atom. The lowest BCUT2D eigenvalue weighted by Crippen LogP contribution is -2.46. The van der Waals surface area contributed by atoms with E-state index in [0.717, 1.165) is 32.8 Å². The Morgan fingerprint density at radius 2 is 2.04 bits per heavy atom. The number of amides is 1. The minimum absolute atomic E-state index is 0.0403. The third kappa shape index (κ3) is 3.76. The quantitative estimate of drug-likeness (QED) is 0.894. The van der Waals surface area contributed by atoms with Crippen LogP contribution < -0.4 is 5.32 Å². The van der Waals surface area contributed by atoms with Crippen molar-refractivity contribution >= 4 is 5.91 Å². The fourth-order valence-corrected chi connectivity index (χ4v) is 3.07. The van der Waals surface area contributed by atoms with Crippen molar-refractivity contribution in [2.75, 3.05) is 32.8 Å². The summed E-state index contributed by atoms with van der Waals surface area (Å²) < 4.78 is 12.7. The van der Waals surface area contributed by atoms with Gasteiger partial charge in [0.05, 0.1) is 13.2 Å². The highest BCUT2D eigenvalue weighted by molar-refractivity contribution is 5.98. The molecule has 1 saturated heterocycles. The maximum absolute atomic E-state index is 12.7. The maximum Gasteiger partial charge on any atom is 0.256 e. The van der Waals surface area contributed by atoms with Crippen LogP contribution in [0.15, 0.2) is 28.9 Å². The van der Waals surface area contributed by atoms with Crippen LogP contribution in [0.5, 0.6) is 0 Å². The third-order valence-corrected chi connectivity index (χ3v) is 4.26. The molecule has 0 radical (unpaired) electrons. The molecule has 3 rings (SSSR count). The molecule has 0 aliphatic carbocycles. The van der Waals surface area contributed by atoms with E-state index in [9.17, 15) is 10.1 Å². The van der Waals surface area contributed by atoms with E-state index < -0.39 is 0 Å². The van der Waals surface area contributed by atoms with E-state index in [1.165, 1.54) is 0 Å². The predicted octanol–water partition coefficient (Wildman–Crippen LogP) is 1.70. The van der Waals surface area contributed by atoms with Gasteiger partial charge in [0, 0.05) is 38.1 Å². The lowest BCUT2D eigenvalue weighted by molar-refractivity contribution is 0.0342. The molecule has 1 fully saturated rings. The number of rotatable bonds is 5. The first kappa shape index (κ1) is 17.3. The summed E-state index contributed by atoms with van der Waals surface area (Å²) in [6, 6.07) is 5.74. The van der Waals surface area contributed by atoms with Crippen molar-refractivity contribution in [2.45, 2.75) is 19.9 Å². The molecule has 0 aromatic carbocycles. The summed E-state index contributed by atoms with van der Waals surface area (Å²) in [7, 11) is 0. The molecule has 0 unspecified atom stereocenters.